The molecule has 2 rings (SSSR count). The zero-order valence-corrected chi connectivity index (χ0v) is 17.2. The number of aldehydes is 1. The summed E-state index contributed by atoms with van der Waals surface area (Å²) in [6.45, 7) is 7.20. The molecule has 0 saturated heterocycles. The highest BCUT2D eigenvalue weighted by Gasteiger charge is 2.21. The highest BCUT2D eigenvalue weighted by Crippen LogP contribution is 2.37. The van der Waals surface area contributed by atoms with E-state index in [0.29, 0.717) is 42.5 Å². The number of phenols is 1. The molecule has 1 N–H and O–H groups in total. The van der Waals surface area contributed by atoms with Crippen LogP contribution in [0.15, 0.2) is 15.3 Å². The number of hydrogen-bond acceptors (Lipinski definition) is 7. The Balaban J connectivity index is 2.49. The fourth-order valence-corrected chi connectivity index (χ4v) is 3.22. The van der Waals surface area contributed by atoms with E-state index in [2.05, 4.69) is 0 Å². The molecule has 0 radical (unpaired) electrons. The van der Waals surface area contributed by atoms with E-state index in [1.54, 1.807) is 11.8 Å². The van der Waals surface area contributed by atoms with Crippen LogP contribution in [0.1, 0.15) is 41.8 Å². The molecular formula is C21H27NO7. The van der Waals surface area contributed by atoms with Crippen molar-refractivity contribution >= 4 is 23.2 Å². The van der Waals surface area contributed by atoms with Crippen LogP contribution in [0.4, 0.5) is 0 Å². The first-order valence-electron chi connectivity index (χ1n) is 9.56. The van der Waals surface area contributed by atoms with E-state index in [-0.39, 0.29) is 42.3 Å². The topological polar surface area (TPSA) is 106 Å². The van der Waals surface area contributed by atoms with Crippen LogP contribution < -0.4 is 10.4 Å². The van der Waals surface area contributed by atoms with Gasteiger partial charge in [-0.2, -0.15) is 0 Å². The van der Waals surface area contributed by atoms with Crippen molar-refractivity contribution in [1.29, 1.82) is 0 Å². The van der Waals surface area contributed by atoms with Crippen molar-refractivity contribution in [2.45, 2.75) is 33.6 Å². The number of aromatic hydroxyl groups is 1. The van der Waals surface area contributed by atoms with Crippen LogP contribution in [0, 0.1) is 6.92 Å². The number of carbonyl (C=O) groups is 2. The molecule has 0 saturated carbocycles. The lowest BCUT2D eigenvalue weighted by Gasteiger charge is -2.18. The number of hydrogen-bond donors (Lipinski definition) is 1. The molecule has 1 aromatic carbocycles. The van der Waals surface area contributed by atoms with Crippen LogP contribution in [-0.2, 0) is 16.0 Å². The van der Waals surface area contributed by atoms with Gasteiger partial charge in [0.1, 0.15) is 12.2 Å². The molecule has 0 aliphatic heterocycles. The van der Waals surface area contributed by atoms with Crippen molar-refractivity contribution < 1.29 is 28.6 Å². The lowest BCUT2D eigenvalue weighted by atomic mass is 9.99. The van der Waals surface area contributed by atoms with Crippen LogP contribution in [0.3, 0.4) is 0 Å². The number of aryl methyl sites for hydroxylation is 1. The number of amides is 1. The molecule has 29 heavy (non-hydrogen) atoms. The first-order valence-corrected chi connectivity index (χ1v) is 9.56. The number of nitrogens with zero attached hydrogens (tertiary/aromatic N) is 1. The first kappa shape index (κ1) is 22.4. The summed E-state index contributed by atoms with van der Waals surface area (Å²) in [5.74, 6) is -0.342. The van der Waals surface area contributed by atoms with E-state index in [0.717, 1.165) is 0 Å². The van der Waals surface area contributed by atoms with Gasteiger partial charge >= 0.3 is 5.63 Å². The normalized spacial score (nSPS) is 10.9. The predicted molar refractivity (Wildman–Crippen MR) is 108 cm³/mol. The quantitative estimate of drug-likeness (QED) is 0.368. The maximum absolute atomic E-state index is 12.5. The van der Waals surface area contributed by atoms with Crippen LogP contribution >= 0.6 is 0 Å². The molecule has 2 aromatic rings. The first-order chi connectivity index (χ1) is 13.9. The summed E-state index contributed by atoms with van der Waals surface area (Å²) in [7, 11) is 1.52. The van der Waals surface area contributed by atoms with Gasteiger partial charge < -0.3 is 23.9 Å². The lowest BCUT2D eigenvalue weighted by Crippen LogP contribution is -2.31. The Hall–Kier alpha value is -2.87. The SMILES string of the molecule is CCN(CC)C(=O)CCc1c(C)c2cc(OCCOC)c(O)c(C=O)c2oc1=O. The third-order valence-corrected chi connectivity index (χ3v) is 4.92. The summed E-state index contributed by atoms with van der Waals surface area (Å²) in [5, 5.41) is 10.8. The van der Waals surface area contributed by atoms with Gasteiger partial charge in [-0.15, -0.1) is 0 Å². The van der Waals surface area contributed by atoms with Gasteiger partial charge in [0.05, 0.1) is 6.61 Å². The fraction of sp³-hybridized carbons (Fsp3) is 0.476. The molecule has 0 bridgehead atoms. The summed E-state index contributed by atoms with van der Waals surface area (Å²) in [4.78, 5) is 38.0. The molecule has 0 aliphatic carbocycles. The summed E-state index contributed by atoms with van der Waals surface area (Å²) in [5.41, 5.74) is 0.170. The molecule has 8 heteroatoms. The van der Waals surface area contributed by atoms with E-state index in [4.69, 9.17) is 13.9 Å². The Morgan fingerprint density at radius 2 is 1.97 bits per heavy atom. The minimum Gasteiger partial charge on any atom is -0.504 e. The second kappa shape index (κ2) is 10.1. The van der Waals surface area contributed by atoms with Gasteiger partial charge in [0.2, 0.25) is 5.91 Å². The smallest absolute Gasteiger partial charge is 0.339 e. The number of benzene rings is 1. The number of rotatable bonds is 10. The molecule has 0 spiro atoms. The zero-order chi connectivity index (χ0) is 21.6. The molecule has 8 nitrogen and oxygen atoms in total. The highest BCUT2D eigenvalue weighted by molar-refractivity contribution is 6.00. The number of ether oxygens (including phenoxy) is 2. The average molecular weight is 405 g/mol. The van der Waals surface area contributed by atoms with Crippen LogP contribution in [0.25, 0.3) is 11.0 Å². The third-order valence-electron chi connectivity index (χ3n) is 4.92. The van der Waals surface area contributed by atoms with Gasteiger partial charge in [-0.1, -0.05) is 0 Å². The maximum atomic E-state index is 12.5. The Morgan fingerprint density at radius 1 is 1.28 bits per heavy atom. The van der Waals surface area contributed by atoms with E-state index < -0.39 is 11.4 Å². The molecule has 0 fully saturated rings. The lowest BCUT2D eigenvalue weighted by molar-refractivity contribution is -0.130. The molecule has 0 unspecified atom stereocenters. The van der Waals surface area contributed by atoms with Crippen molar-refractivity contribution in [2.24, 2.45) is 0 Å². The van der Waals surface area contributed by atoms with E-state index in [1.165, 1.54) is 13.2 Å². The van der Waals surface area contributed by atoms with Crippen molar-refractivity contribution in [3.05, 3.63) is 33.2 Å². The maximum Gasteiger partial charge on any atom is 0.339 e. The molecular weight excluding hydrogens is 378 g/mol. The van der Waals surface area contributed by atoms with Crippen molar-refractivity contribution in [1.82, 2.24) is 4.90 Å². The molecule has 0 atom stereocenters. The Bertz CT molecular complexity index is 944. The zero-order valence-electron chi connectivity index (χ0n) is 17.2. The predicted octanol–water partition coefficient (Wildman–Crippen LogP) is 2.45. The molecule has 0 aliphatic rings. The van der Waals surface area contributed by atoms with Gasteiger partial charge in [0.25, 0.3) is 0 Å². The monoisotopic (exact) mass is 405 g/mol. The minimum atomic E-state index is -0.627. The molecule has 1 amide bonds. The standard InChI is InChI=1S/C21H27NO7/c1-5-22(6-2)18(24)8-7-14-13(3)15-11-17(28-10-9-27-4)19(25)16(12-23)20(15)29-21(14)26/h11-12,25H,5-10H2,1-4H3. The summed E-state index contributed by atoms with van der Waals surface area (Å²) < 4.78 is 15.8. The second-order valence-electron chi connectivity index (χ2n) is 6.53. The highest BCUT2D eigenvalue weighted by atomic mass is 16.5. The number of carbonyl (C=O) groups excluding carboxylic acids is 2. The van der Waals surface area contributed by atoms with Crippen LogP contribution in [0.2, 0.25) is 0 Å². The van der Waals surface area contributed by atoms with E-state index >= 15 is 0 Å². The van der Waals surface area contributed by atoms with E-state index in [1.807, 2.05) is 13.8 Å². The minimum absolute atomic E-state index is 0.00193. The van der Waals surface area contributed by atoms with Gasteiger partial charge in [-0.05, 0) is 38.8 Å². The second-order valence-corrected chi connectivity index (χ2v) is 6.53. The van der Waals surface area contributed by atoms with Crippen LogP contribution in [-0.4, -0.2) is 55.6 Å². The van der Waals surface area contributed by atoms with Gasteiger partial charge in [0.15, 0.2) is 23.4 Å². The Morgan fingerprint density at radius 3 is 2.55 bits per heavy atom. The largest absolute Gasteiger partial charge is 0.504 e. The van der Waals surface area contributed by atoms with Crippen molar-refractivity contribution in [2.75, 3.05) is 33.4 Å². The molecule has 1 aromatic heterocycles. The van der Waals surface area contributed by atoms with Gasteiger partial charge in [0, 0.05) is 37.6 Å². The number of methoxy groups -OCH3 is 1. The Labute approximate surface area is 169 Å². The number of fused-ring (bicyclic) bond motifs is 1. The summed E-state index contributed by atoms with van der Waals surface area (Å²) in [6.07, 6.45) is 0.817. The number of phenolic OH excluding ortho intramolecular Hbond substituents is 1. The Kier molecular flexibility index (Phi) is 7.78. The van der Waals surface area contributed by atoms with Crippen LogP contribution in [0.5, 0.6) is 11.5 Å². The summed E-state index contributed by atoms with van der Waals surface area (Å²) in [6, 6.07) is 1.53. The van der Waals surface area contributed by atoms with Crippen molar-refractivity contribution in [3.8, 4) is 11.5 Å². The third kappa shape index (κ3) is 4.76. The summed E-state index contributed by atoms with van der Waals surface area (Å²) >= 11 is 0. The van der Waals surface area contributed by atoms with Gasteiger partial charge in [-0.3, -0.25) is 9.59 Å². The van der Waals surface area contributed by atoms with E-state index in [9.17, 15) is 19.5 Å². The molecule has 1 heterocycles. The van der Waals surface area contributed by atoms with Gasteiger partial charge in [-0.25, -0.2) is 4.79 Å². The average Bonchev–Trinajstić information content (AvgIpc) is 2.70. The fourth-order valence-electron chi connectivity index (χ4n) is 3.22. The van der Waals surface area contributed by atoms with Crippen molar-refractivity contribution in [3.63, 3.8) is 0 Å². The molecule has 158 valence electrons.